The molecular formula is C14H17NO2. The van der Waals surface area contributed by atoms with Crippen molar-refractivity contribution in [3.63, 3.8) is 0 Å². The molecular weight excluding hydrogens is 214 g/mol. The first-order valence-corrected chi connectivity index (χ1v) is 6.40. The van der Waals surface area contributed by atoms with Gasteiger partial charge in [-0.2, -0.15) is 0 Å². The molecule has 0 radical (unpaired) electrons. The minimum Gasteiger partial charge on any atom is -0.507 e. The lowest BCUT2D eigenvalue weighted by molar-refractivity contribution is 0.0938. The van der Waals surface area contributed by atoms with E-state index in [4.69, 9.17) is 0 Å². The van der Waals surface area contributed by atoms with Gasteiger partial charge >= 0.3 is 0 Å². The molecule has 3 nitrogen and oxygen atoms in total. The molecule has 1 saturated carbocycles. The molecule has 3 rings (SSSR count). The highest BCUT2D eigenvalue weighted by molar-refractivity contribution is 6.01. The van der Waals surface area contributed by atoms with Crippen LogP contribution in [0.15, 0.2) is 18.2 Å². The Labute approximate surface area is 101 Å². The smallest absolute Gasteiger partial charge is 0.255 e. The van der Waals surface area contributed by atoms with Crippen molar-refractivity contribution >= 4 is 5.91 Å². The van der Waals surface area contributed by atoms with E-state index in [0.29, 0.717) is 11.5 Å². The number of amides is 1. The highest BCUT2D eigenvalue weighted by atomic mass is 16.3. The molecule has 1 aromatic carbocycles. The maximum Gasteiger partial charge on any atom is 0.255 e. The second-order valence-corrected chi connectivity index (χ2v) is 5.09. The molecule has 1 aliphatic heterocycles. The average Bonchev–Trinajstić information content (AvgIpc) is 2.69. The zero-order chi connectivity index (χ0) is 11.8. The quantitative estimate of drug-likeness (QED) is 0.780. The molecule has 17 heavy (non-hydrogen) atoms. The Morgan fingerprint density at radius 1 is 1.18 bits per heavy atom. The number of nitrogens with one attached hydrogen (secondary N) is 1. The van der Waals surface area contributed by atoms with Crippen LogP contribution in [0, 0.1) is 5.92 Å². The molecule has 2 aliphatic rings. The van der Waals surface area contributed by atoms with E-state index in [0.717, 1.165) is 5.56 Å². The zero-order valence-electron chi connectivity index (χ0n) is 9.78. The Morgan fingerprint density at radius 3 is 2.71 bits per heavy atom. The number of benzene rings is 1. The second kappa shape index (κ2) is 4.06. The van der Waals surface area contributed by atoms with Gasteiger partial charge in [-0.05, 0) is 30.4 Å². The van der Waals surface area contributed by atoms with Crippen molar-refractivity contribution in [3.8, 4) is 5.75 Å². The van der Waals surface area contributed by atoms with E-state index in [9.17, 15) is 9.90 Å². The average molecular weight is 231 g/mol. The third-order valence-corrected chi connectivity index (χ3v) is 4.04. The van der Waals surface area contributed by atoms with Gasteiger partial charge in [-0.25, -0.2) is 0 Å². The maximum absolute atomic E-state index is 11.9. The van der Waals surface area contributed by atoms with Crippen molar-refractivity contribution in [2.75, 3.05) is 0 Å². The van der Waals surface area contributed by atoms with Crippen LogP contribution >= 0.6 is 0 Å². The lowest BCUT2D eigenvalue weighted by Gasteiger charge is -2.27. The van der Waals surface area contributed by atoms with E-state index in [1.165, 1.54) is 32.1 Å². The topological polar surface area (TPSA) is 49.3 Å². The van der Waals surface area contributed by atoms with Crippen molar-refractivity contribution < 1.29 is 9.90 Å². The maximum atomic E-state index is 11.9. The van der Waals surface area contributed by atoms with Crippen LogP contribution in [0.25, 0.3) is 0 Å². The molecule has 0 saturated heterocycles. The van der Waals surface area contributed by atoms with Gasteiger partial charge in [0.15, 0.2) is 0 Å². The van der Waals surface area contributed by atoms with Gasteiger partial charge in [0, 0.05) is 0 Å². The van der Waals surface area contributed by atoms with Gasteiger partial charge in [0.25, 0.3) is 5.91 Å². The van der Waals surface area contributed by atoms with E-state index in [2.05, 4.69) is 5.32 Å². The van der Waals surface area contributed by atoms with Gasteiger partial charge in [-0.1, -0.05) is 31.4 Å². The number of phenolic OH excluding ortho intramolecular Hbond substituents is 1. The summed E-state index contributed by atoms with van der Waals surface area (Å²) in [6, 6.07) is 5.49. The van der Waals surface area contributed by atoms with E-state index in [1.807, 2.05) is 12.1 Å². The van der Waals surface area contributed by atoms with Crippen LogP contribution in [0.1, 0.15) is 54.1 Å². The third-order valence-electron chi connectivity index (χ3n) is 4.04. The molecule has 3 heteroatoms. The molecule has 0 spiro atoms. The van der Waals surface area contributed by atoms with E-state index in [-0.39, 0.29) is 17.7 Å². The number of fused-ring (bicyclic) bond motifs is 1. The summed E-state index contributed by atoms with van der Waals surface area (Å²) < 4.78 is 0. The molecule has 1 heterocycles. The van der Waals surface area contributed by atoms with Crippen LogP contribution in [0.4, 0.5) is 0 Å². The molecule has 2 N–H and O–H groups in total. The molecule has 1 fully saturated rings. The number of rotatable bonds is 1. The lowest BCUT2D eigenvalue weighted by atomic mass is 9.81. The predicted octanol–water partition coefficient (Wildman–Crippen LogP) is 2.76. The molecule has 0 aromatic heterocycles. The Morgan fingerprint density at radius 2 is 1.94 bits per heavy atom. The summed E-state index contributed by atoms with van der Waals surface area (Å²) in [7, 11) is 0. The Bertz CT molecular complexity index is 450. The number of aromatic hydroxyl groups is 1. The summed E-state index contributed by atoms with van der Waals surface area (Å²) in [6.45, 7) is 0. The number of phenols is 1. The molecule has 90 valence electrons. The van der Waals surface area contributed by atoms with E-state index >= 15 is 0 Å². The molecule has 1 unspecified atom stereocenters. The largest absolute Gasteiger partial charge is 0.507 e. The summed E-state index contributed by atoms with van der Waals surface area (Å²) in [5, 5.41) is 12.8. The van der Waals surface area contributed by atoms with Crippen LogP contribution < -0.4 is 5.32 Å². The van der Waals surface area contributed by atoms with Crippen LogP contribution in [0.5, 0.6) is 5.75 Å². The number of carbonyl (C=O) groups excluding carboxylic acids is 1. The number of carbonyl (C=O) groups is 1. The van der Waals surface area contributed by atoms with Crippen LogP contribution in [-0.4, -0.2) is 11.0 Å². The fourth-order valence-electron chi connectivity index (χ4n) is 3.19. The first kappa shape index (κ1) is 10.6. The van der Waals surface area contributed by atoms with Crippen molar-refractivity contribution in [3.05, 3.63) is 29.3 Å². The van der Waals surface area contributed by atoms with Gasteiger partial charge in [0.1, 0.15) is 5.75 Å². The van der Waals surface area contributed by atoms with Crippen molar-refractivity contribution in [1.82, 2.24) is 5.32 Å². The van der Waals surface area contributed by atoms with Gasteiger partial charge in [-0.15, -0.1) is 0 Å². The van der Waals surface area contributed by atoms with Gasteiger partial charge < -0.3 is 10.4 Å². The van der Waals surface area contributed by atoms with E-state index in [1.54, 1.807) is 6.07 Å². The Hall–Kier alpha value is -1.51. The first-order chi connectivity index (χ1) is 8.27. The Balaban J connectivity index is 1.95. The summed E-state index contributed by atoms with van der Waals surface area (Å²) in [5.74, 6) is 0.530. The van der Waals surface area contributed by atoms with Crippen LogP contribution in [-0.2, 0) is 0 Å². The van der Waals surface area contributed by atoms with Crippen LogP contribution in [0.3, 0.4) is 0 Å². The summed E-state index contributed by atoms with van der Waals surface area (Å²) in [6.07, 6.45) is 6.18. The highest BCUT2D eigenvalue weighted by Crippen LogP contribution is 2.40. The summed E-state index contributed by atoms with van der Waals surface area (Å²) >= 11 is 0. The van der Waals surface area contributed by atoms with Crippen molar-refractivity contribution in [2.45, 2.75) is 38.1 Å². The first-order valence-electron chi connectivity index (χ1n) is 6.40. The minimum atomic E-state index is -0.117. The normalized spacial score (nSPS) is 24.5. The summed E-state index contributed by atoms with van der Waals surface area (Å²) in [4.78, 5) is 11.9. The molecule has 1 atom stereocenters. The number of hydrogen-bond acceptors (Lipinski definition) is 2. The number of hydrogen-bond donors (Lipinski definition) is 2. The third kappa shape index (κ3) is 1.70. The van der Waals surface area contributed by atoms with Crippen molar-refractivity contribution in [1.29, 1.82) is 0 Å². The second-order valence-electron chi connectivity index (χ2n) is 5.09. The predicted molar refractivity (Wildman–Crippen MR) is 64.9 cm³/mol. The standard InChI is InChI=1S/C14H17NO2/c16-11-8-4-7-10-12(11)14(17)15-13(10)9-5-2-1-3-6-9/h4,7-9,13,16H,1-3,5-6H2,(H,15,17). The Kier molecular flexibility index (Phi) is 2.54. The zero-order valence-corrected chi connectivity index (χ0v) is 9.78. The van der Waals surface area contributed by atoms with Gasteiger partial charge in [-0.3, -0.25) is 4.79 Å². The molecule has 1 aliphatic carbocycles. The fraction of sp³-hybridized carbons (Fsp3) is 0.500. The monoisotopic (exact) mass is 231 g/mol. The lowest BCUT2D eigenvalue weighted by Crippen LogP contribution is -2.27. The molecule has 1 aromatic rings. The fourth-order valence-corrected chi connectivity index (χ4v) is 3.19. The van der Waals surface area contributed by atoms with E-state index < -0.39 is 0 Å². The molecule has 0 bridgehead atoms. The van der Waals surface area contributed by atoms with Crippen LogP contribution in [0.2, 0.25) is 0 Å². The van der Waals surface area contributed by atoms with Gasteiger partial charge in [0.05, 0.1) is 11.6 Å². The van der Waals surface area contributed by atoms with Crippen molar-refractivity contribution in [2.24, 2.45) is 5.92 Å². The SMILES string of the molecule is O=C1NC(C2CCCCC2)c2cccc(O)c21. The minimum absolute atomic E-state index is 0.110. The summed E-state index contributed by atoms with van der Waals surface area (Å²) in [5.41, 5.74) is 1.48. The van der Waals surface area contributed by atoms with Gasteiger partial charge in [0.2, 0.25) is 0 Å². The molecule has 1 amide bonds. The highest BCUT2D eigenvalue weighted by Gasteiger charge is 2.36.